The van der Waals surface area contributed by atoms with Gasteiger partial charge in [0, 0.05) is 12.1 Å². The molecule has 5 nitrogen and oxygen atoms in total. The fraction of sp³-hybridized carbons (Fsp3) is 0.417. The molecule has 0 aromatic heterocycles. The molecule has 0 aliphatic heterocycles. The molecule has 1 aromatic rings. The lowest BCUT2D eigenvalue weighted by Gasteiger charge is -2.17. The van der Waals surface area contributed by atoms with Crippen LogP contribution in [-0.4, -0.2) is 28.6 Å². The van der Waals surface area contributed by atoms with Crippen molar-refractivity contribution in [3.63, 3.8) is 0 Å². The first kappa shape index (κ1) is 13.5. The molecule has 0 spiro atoms. The molecule has 0 heterocycles. The molecule has 0 saturated heterocycles. The van der Waals surface area contributed by atoms with Crippen molar-refractivity contribution in [1.29, 1.82) is 0 Å². The number of hydrogen-bond donors (Lipinski definition) is 3. The van der Waals surface area contributed by atoms with Crippen LogP contribution in [0.15, 0.2) is 24.3 Å². The van der Waals surface area contributed by atoms with E-state index < -0.39 is 18.4 Å². The van der Waals surface area contributed by atoms with Gasteiger partial charge in [-0.2, -0.15) is 0 Å². The quantitative estimate of drug-likeness (QED) is 0.403. The predicted molar refractivity (Wildman–Crippen MR) is 63.2 cm³/mol. The van der Waals surface area contributed by atoms with Crippen LogP contribution in [0.25, 0.3) is 0 Å². The largest absolute Gasteiger partial charge is 0.459 e. The van der Waals surface area contributed by atoms with Crippen molar-refractivity contribution in [3.8, 4) is 0 Å². The third kappa shape index (κ3) is 4.42. The Morgan fingerprint density at radius 1 is 1.35 bits per heavy atom. The molecule has 1 rings (SSSR count). The number of anilines is 1. The Bertz CT molecular complexity index is 361. The van der Waals surface area contributed by atoms with Crippen LogP contribution in [0.5, 0.6) is 0 Å². The molecule has 0 radical (unpaired) electrons. The molecule has 1 unspecified atom stereocenters. The summed E-state index contributed by atoms with van der Waals surface area (Å²) in [5.74, 6) is -0.488. The predicted octanol–water partition coefficient (Wildman–Crippen LogP) is 0.905. The minimum atomic E-state index is -1.47. The van der Waals surface area contributed by atoms with Gasteiger partial charge in [0.1, 0.15) is 6.10 Å². The van der Waals surface area contributed by atoms with E-state index in [9.17, 15) is 4.79 Å². The standard InChI is InChI=1S/C12H17NO4/c1-2-10(7-11(14)15)17-12(16)8-3-5-9(13)6-4-8/h3-6,10-11,14-15H,2,7,13H2,1H3. The van der Waals surface area contributed by atoms with E-state index in [2.05, 4.69) is 0 Å². The van der Waals surface area contributed by atoms with Gasteiger partial charge in [0.25, 0.3) is 0 Å². The molecular formula is C12H17NO4. The van der Waals surface area contributed by atoms with E-state index in [1.807, 2.05) is 6.92 Å². The maximum Gasteiger partial charge on any atom is 0.338 e. The molecule has 17 heavy (non-hydrogen) atoms. The zero-order valence-electron chi connectivity index (χ0n) is 9.67. The Morgan fingerprint density at radius 2 is 1.94 bits per heavy atom. The second-order valence-corrected chi connectivity index (χ2v) is 3.77. The number of hydrogen-bond acceptors (Lipinski definition) is 5. The molecule has 0 saturated carbocycles. The van der Waals surface area contributed by atoms with Gasteiger partial charge in [-0.25, -0.2) is 4.79 Å². The fourth-order valence-electron chi connectivity index (χ4n) is 1.37. The van der Waals surface area contributed by atoms with Gasteiger partial charge in [-0.05, 0) is 30.7 Å². The van der Waals surface area contributed by atoms with E-state index in [4.69, 9.17) is 20.7 Å². The number of carbonyl (C=O) groups excluding carboxylic acids is 1. The molecule has 1 atom stereocenters. The van der Waals surface area contributed by atoms with Gasteiger partial charge in [0.05, 0.1) is 5.56 Å². The van der Waals surface area contributed by atoms with Gasteiger partial charge in [0.2, 0.25) is 0 Å². The van der Waals surface area contributed by atoms with Crippen LogP contribution in [0.1, 0.15) is 30.1 Å². The van der Waals surface area contributed by atoms with E-state index in [-0.39, 0.29) is 6.42 Å². The van der Waals surface area contributed by atoms with Crippen molar-refractivity contribution in [2.75, 3.05) is 5.73 Å². The molecule has 4 N–H and O–H groups in total. The topological polar surface area (TPSA) is 92.8 Å². The highest BCUT2D eigenvalue weighted by Gasteiger charge is 2.16. The summed E-state index contributed by atoms with van der Waals surface area (Å²) in [5.41, 5.74) is 6.46. The lowest BCUT2D eigenvalue weighted by Crippen LogP contribution is -2.23. The molecule has 0 fully saturated rings. The van der Waals surface area contributed by atoms with Crippen molar-refractivity contribution in [2.45, 2.75) is 32.2 Å². The average Bonchev–Trinajstić information content (AvgIpc) is 2.28. The van der Waals surface area contributed by atoms with Crippen LogP contribution in [0.3, 0.4) is 0 Å². The van der Waals surface area contributed by atoms with E-state index >= 15 is 0 Å². The van der Waals surface area contributed by atoms with Crippen LogP contribution in [0.2, 0.25) is 0 Å². The molecule has 0 aliphatic carbocycles. The molecule has 1 aromatic carbocycles. The van der Waals surface area contributed by atoms with Crippen LogP contribution >= 0.6 is 0 Å². The molecule has 5 heteroatoms. The lowest BCUT2D eigenvalue weighted by molar-refractivity contribution is -0.0741. The Kier molecular flexibility index (Phi) is 4.93. The number of nitrogens with two attached hydrogens (primary N) is 1. The van der Waals surface area contributed by atoms with Crippen molar-refractivity contribution in [2.24, 2.45) is 0 Å². The normalized spacial score (nSPS) is 12.5. The summed E-state index contributed by atoms with van der Waals surface area (Å²) in [6, 6.07) is 6.36. The summed E-state index contributed by atoms with van der Waals surface area (Å²) >= 11 is 0. The molecule has 0 aliphatic rings. The summed E-state index contributed by atoms with van der Waals surface area (Å²) in [4.78, 5) is 11.7. The first-order chi connectivity index (χ1) is 8.02. The van der Waals surface area contributed by atoms with Gasteiger partial charge in [-0.15, -0.1) is 0 Å². The minimum Gasteiger partial charge on any atom is -0.459 e. The monoisotopic (exact) mass is 239 g/mol. The number of carbonyl (C=O) groups is 1. The number of nitrogen functional groups attached to an aromatic ring is 1. The Morgan fingerprint density at radius 3 is 2.41 bits per heavy atom. The fourth-order valence-corrected chi connectivity index (χ4v) is 1.37. The summed E-state index contributed by atoms with van der Waals surface area (Å²) in [7, 11) is 0. The zero-order chi connectivity index (χ0) is 12.8. The highest BCUT2D eigenvalue weighted by molar-refractivity contribution is 5.89. The van der Waals surface area contributed by atoms with Gasteiger partial charge in [0.15, 0.2) is 6.29 Å². The Labute approximate surface area is 99.8 Å². The maximum atomic E-state index is 11.7. The van der Waals surface area contributed by atoms with Crippen LogP contribution in [0.4, 0.5) is 5.69 Å². The number of benzene rings is 1. The number of esters is 1. The molecule has 0 amide bonds. The van der Waals surface area contributed by atoms with Gasteiger partial charge in [-0.1, -0.05) is 6.92 Å². The van der Waals surface area contributed by atoms with Crippen molar-refractivity contribution in [1.82, 2.24) is 0 Å². The number of rotatable bonds is 5. The van der Waals surface area contributed by atoms with Gasteiger partial charge >= 0.3 is 5.97 Å². The molecule has 0 bridgehead atoms. The Balaban J connectivity index is 2.61. The molecule has 94 valence electrons. The smallest absolute Gasteiger partial charge is 0.338 e. The summed E-state index contributed by atoms with van der Waals surface area (Å²) in [5, 5.41) is 17.6. The number of ether oxygens (including phenoxy) is 1. The van der Waals surface area contributed by atoms with Crippen molar-refractivity contribution in [3.05, 3.63) is 29.8 Å². The highest BCUT2D eigenvalue weighted by atomic mass is 16.5. The average molecular weight is 239 g/mol. The summed E-state index contributed by atoms with van der Waals surface area (Å²) in [6.45, 7) is 1.81. The number of aliphatic hydroxyl groups excluding tert-OH is 1. The maximum absolute atomic E-state index is 11.7. The summed E-state index contributed by atoms with van der Waals surface area (Å²) in [6.07, 6.45) is -1.44. The van der Waals surface area contributed by atoms with Gasteiger partial charge < -0.3 is 20.7 Å². The third-order valence-corrected chi connectivity index (χ3v) is 2.35. The first-order valence-electron chi connectivity index (χ1n) is 5.45. The van der Waals surface area contributed by atoms with E-state index in [1.165, 1.54) is 0 Å². The van der Waals surface area contributed by atoms with E-state index in [0.29, 0.717) is 17.7 Å². The molecular weight excluding hydrogens is 222 g/mol. The second-order valence-electron chi connectivity index (χ2n) is 3.77. The van der Waals surface area contributed by atoms with Crippen LogP contribution < -0.4 is 5.73 Å². The first-order valence-corrected chi connectivity index (χ1v) is 5.45. The Hall–Kier alpha value is -1.59. The highest BCUT2D eigenvalue weighted by Crippen LogP contribution is 2.12. The van der Waals surface area contributed by atoms with Crippen LogP contribution in [-0.2, 0) is 4.74 Å². The third-order valence-electron chi connectivity index (χ3n) is 2.35. The second kappa shape index (κ2) is 6.22. The number of aliphatic hydroxyl groups is 2. The van der Waals surface area contributed by atoms with E-state index in [0.717, 1.165) is 0 Å². The summed E-state index contributed by atoms with van der Waals surface area (Å²) < 4.78 is 5.14. The van der Waals surface area contributed by atoms with Crippen LogP contribution in [0, 0.1) is 0 Å². The van der Waals surface area contributed by atoms with Crippen molar-refractivity contribution >= 4 is 11.7 Å². The zero-order valence-corrected chi connectivity index (χ0v) is 9.67. The van der Waals surface area contributed by atoms with E-state index in [1.54, 1.807) is 24.3 Å². The SMILES string of the molecule is CCC(CC(O)O)OC(=O)c1ccc(N)cc1. The van der Waals surface area contributed by atoms with Crippen molar-refractivity contribution < 1.29 is 19.7 Å². The van der Waals surface area contributed by atoms with Gasteiger partial charge in [-0.3, -0.25) is 0 Å². The minimum absolute atomic E-state index is 0.0111. The lowest BCUT2D eigenvalue weighted by atomic mass is 10.2.